The summed E-state index contributed by atoms with van der Waals surface area (Å²) in [7, 11) is -4.08. The molecule has 0 saturated carbocycles. The number of rotatable bonds is 12. The molecule has 7 nitrogen and oxygen atoms in total. The molecule has 196 valence electrons. The van der Waals surface area contributed by atoms with Crippen LogP contribution in [-0.2, 0) is 26.0 Å². The van der Waals surface area contributed by atoms with Gasteiger partial charge in [-0.1, -0.05) is 67.1 Å². The number of amides is 2. The van der Waals surface area contributed by atoms with Crippen LogP contribution in [0.1, 0.15) is 25.8 Å². The van der Waals surface area contributed by atoms with Gasteiger partial charge in [0.1, 0.15) is 12.6 Å². The number of anilines is 1. The number of halogens is 1. The summed E-state index contributed by atoms with van der Waals surface area (Å²) in [5.41, 5.74) is 1.31. The molecule has 3 aromatic carbocycles. The second kappa shape index (κ2) is 13.3. The maximum Gasteiger partial charge on any atom is 0.264 e. The van der Waals surface area contributed by atoms with Crippen LogP contribution in [0.2, 0.25) is 5.02 Å². The number of nitrogens with zero attached hydrogens (tertiary/aromatic N) is 2. The van der Waals surface area contributed by atoms with E-state index in [0.717, 1.165) is 9.87 Å². The number of carbonyl (C=O) groups is 2. The second-order valence-corrected chi connectivity index (χ2v) is 10.7. The Kier molecular flexibility index (Phi) is 10.1. The van der Waals surface area contributed by atoms with E-state index in [1.54, 1.807) is 42.5 Å². The third kappa shape index (κ3) is 7.33. The molecule has 1 unspecified atom stereocenters. The molecular formula is C28H32ClN3O4S. The number of likely N-dealkylation sites (N-methyl/N-ethyl adjacent to an activating group) is 1. The molecule has 0 bridgehead atoms. The highest BCUT2D eigenvalue weighted by Gasteiger charge is 2.33. The average molecular weight is 542 g/mol. The van der Waals surface area contributed by atoms with Crippen LogP contribution in [0.5, 0.6) is 0 Å². The lowest BCUT2D eigenvalue weighted by atomic mass is 10.1. The molecule has 0 fully saturated rings. The van der Waals surface area contributed by atoms with Gasteiger partial charge in [0.15, 0.2) is 0 Å². The SMILES string of the molecule is CCNC(=O)C(CC)N(CCc1ccccc1)C(=O)CN(c1ccc(Cl)cc1)S(=O)(=O)c1ccccc1. The van der Waals surface area contributed by atoms with Crippen LogP contribution in [0.15, 0.2) is 89.8 Å². The first-order chi connectivity index (χ1) is 17.8. The highest BCUT2D eigenvalue weighted by atomic mass is 35.5. The minimum atomic E-state index is -4.08. The van der Waals surface area contributed by atoms with Crippen molar-refractivity contribution in [1.29, 1.82) is 0 Å². The van der Waals surface area contributed by atoms with E-state index < -0.39 is 28.5 Å². The number of sulfonamides is 1. The van der Waals surface area contributed by atoms with Gasteiger partial charge in [-0.2, -0.15) is 0 Å². The minimum absolute atomic E-state index is 0.0596. The van der Waals surface area contributed by atoms with Gasteiger partial charge in [-0.25, -0.2) is 8.42 Å². The number of benzene rings is 3. The molecule has 0 aliphatic carbocycles. The largest absolute Gasteiger partial charge is 0.355 e. The summed E-state index contributed by atoms with van der Waals surface area (Å²) in [6, 6.07) is 23.1. The fourth-order valence-corrected chi connectivity index (χ4v) is 5.60. The smallest absolute Gasteiger partial charge is 0.264 e. The van der Waals surface area contributed by atoms with E-state index in [2.05, 4.69) is 5.32 Å². The van der Waals surface area contributed by atoms with E-state index in [9.17, 15) is 18.0 Å². The number of nitrogens with one attached hydrogen (secondary N) is 1. The Morgan fingerprint density at radius 3 is 2.05 bits per heavy atom. The molecule has 3 aromatic rings. The summed E-state index contributed by atoms with van der Waals surface area (Å²) >= 11 is 6.04. The van der Waals surface area contributed by atoms with Crippen molar-refractivity contribution in [2.24, 2.45) is 0 Å². The molecule has 9 heteroatoms. The third-order valence-corrected chi connectivity index (χ3v) is 7.99. The van der Waals surface area contributed by atoms with Gasteiger partial charge in [-0.15, -0.1) is 0 Å². The predicted molar refractivity (Wildman–Crippen MR) is 147 cm³/mol. The molecule has 0 radical (unpaired) electrons. The molecule has 0 saturated heterocycles. The van der Waals surface area contributed by atoms with Gasteiger partial charge in [0.2, 0.25) is 11.8 Å². The molecule has 37 heavy (non-hydrogen) atoms. The van der Waals surface area contributed by atoms with Crippen LogP contribution in [0.3, 0.4) is 0 Å². The lowest BCUT2D eigenvalue weighted by Gasteiger charge is -2.33. The van der Waals surface area contributed by atoms with Crippen LogP contribution < -0.4 is 9.62 Å². The molecule has 1 atom stereocenters. The zero-order chi connectivity index (χ0) is 26.8. The Morgan fingerprint density at radius 1 is 0.892 bits per heavy atom. The lowest BCUT2D eigenvalue weighted by Crippen LogP contribution is -2.53. The predicted octanol–water partition coefficient (Wildman–Crippen LogP) is 4.52. The maximum atomic E-state index is 13.8. The first kappa shape index (κ1) is 28.2. The van der Waals surface area contributed by atoms with E-state index in [1.807, 2.05) is 44.2 Å². The summed E-state index contributed by atoms with van der Waals surface area (Å²) in [4.78, 5) is 28.3. The van der Waals surface area contributed by atoms with Crippen molar-refractivity contribution < 1.29 is 18.0 Å². The highest BCUT2D eigenvalue weighted by Crippen LogP contribution is 2.26. The van der Waals surface area contributed by atoms with Crippen LogP contribution in [0.25, 0.3) is 0 Å². The van der Waals surface area contributed by atoms with Gasteiger partial charge >= 0.3 is 0 Å². The van der Waals surface area contributed by atoms with Gasteiger partial charge in [0.25, 0.3) is 10.0 Å². The second-order valence-electron chi connectivity index (χ2n) is 8.44. The monoisotopic (exact) mass is 541 g/mol. The van der Waals surface area contributed by atoms with Crippen LogP contribution in [0.4, 0.5) is 5.69 Å². The minimum Gasteiger partial charge on any atom is -0.355 e. The number of carbonyl (C=O) groups excluding carboxylic acids is 2. The van der Waals surface area contributed by atoms with Crippen molar-refractivity contribution in [3.05, 3.63) is 95.5 Å². The van der Waals surface area contributed by atoms with E-state index in [1.165, 1.54) is 17.0 Å². The zero-order valence-electron chi connectivity index (χ0n) is 21.0. The Hall–Kier alpha value is -3.36. The van der Waals surface area contributed by atoms with Gasteiger partial charge < -0.3 is 10.2 Å². The maximum absolute atomic E-state index is 13.8. The van der Waals surface area contributed by atoms with Crippen molar-refractivity contribution in [3.8, 4) is 0 Å². The molecule has 0 aliphatic heterocycles. The first-order valence-corrected chi connectivity index (χ1v) is 14.0. The molecule has 0 aromatic heterocycles. The van der Waals surface area contributed by atoms with Gasteiger partial charge in [-0.3, -0.25) is 13.9 Å². The van der Waals surface area contributed by atoms with Crippen molar-refractivity contribution in [3.63, 3.8) is 0 Å². The summed E-state index contributed by atoms with van der Waals surface area (Å²) in [5.74, 6) is -0.737. The summed E-state index contributed by atoms with van der Waals surface area (Å²) < 4.78 is 28.4. The van der Waals surface area contributed by atoms with E-state index in [-0.39, 0.29) is 17.3 Å². The highest BCUT2D eigenvalue weighted by molar-refractivity contribution is 7.92. The molecule has 0 spiro atoms. The van der Waals surface area contributed by atoms with Crippen LogP contribution >= 0.6 is 11.6 Å². The lowest BCUT2D eigenvalue weighted by molar-refractivity contribution is -0.139. The molecule has 2 amide bonds. The van der Waals surface area contributed by atoms with Gasteiger partial charge in [0, 0.05) is 18.1 Å². The Labute approximate surface area is 224 Å². The Morgan fingerprint density at radius 2 is 1.49 bits per heavy atom. The quantitative estimate of drug-likeness (QED) is 0.365. The topological polar surface area (TPSA) is 86.8 Å². The van der Waals surface area contributed by atoms with Gasteiger partial charge in [0.05, 0.1) is 10.6 Å². The van der Waals surface area contributed by atoms with Crippen LogP contribution in [0, 0.1) is 0 Å². The van der Waals surface area contributed by atoms with Crippen molar-refractivity contribution in [1.82, 2.24) is 10.2 Å². The summed E-state index contributed by atoms with van der Waals surface area (Å²) in [5, 5.41) is 3.24. The summed E-state index contributed by atoms with van der Waals surface area (Å²) in [6.45, 7) is 3.87. The molecule has 0 heterocycles. The molecule has 3 rings (SSSR count). The molecule has 1 N–H and O–H groups in total. The zero-order valence-corrected chi connectivity index (χ0v) is 22.6. The normalized spacial score (nSPS) is 12.0. The van der Waals surface area contributed by atoms with Gasteiger partial charge in [-0.05, 0) is 61.7 Å². The fraction of sp³-hybridized carbons (Fsp3) is 0.286. The Bertz CT molecular complexity index is 1270. The van der Waals surface area contributed by atoms with E-state index in [4.69, 9.17) is 11.6 Å². The third-order valence-electron chi connectivity index (χ3n) is 5.95. The number of hydrogen-bond donors (Lipinski definition) is 1. The number of hydrogen-bond acceptors (Lipinski definition) is 4. The van der Waals surface area contributed by atoms with Crippen LogP contribution in [-0.4, -0.2) is 50.8 Å². The van der Waals surface area contributed by atoms with Crippen molar-refractivity contribution >= 4 is 39.1 Å². The van der Waals surface area contributed by atoms with Crippen molar-refractivity contribution in [2.45, 2.75) is 37.6 Å². The van der Waals surface area contributed by atoms with Crippen molar-refractivity contribution in [2.75, 3.05) is 23.9 Å². The summed E-state index contributed by atoms with van der Waals surface area (Å²) in [6.07, 6.45) is 0.910. The Balaban J connectivity index is 1.98. The molecule has 0 aliphatic rings. The molecular weight excluding hydrogens is 510 g/mol. The standard InChI is InChI=1S/C28H32ClN3O4S/c1-3-26(28(34)30-4-2)31(20-19-22-11-7-5-8-12-22)27(33)21-32(24-17-15-23(29)16-18-24)37(35,36)25-13-9-6-10-14-25/h5-18,26H,3-4,19-21H2,1-2H3,(H,30,34). The fourth-order valence-electron chi connectivity index (χ4n) is 4.04. The van der Waals surface area contributed by atoms with E-state index in [0.29, 0.717) is 30.1 Å². The average Bonchev–Trinajstić information content (AvgIpc) is 2.91. The van der Waals surface area contributed by atoms with E-state index >= 15 is 0 Å². The first-order valence-electron chi connectivity index (χ1n) is 12.2.